The number of benzene rings is 1. The Morgan fingerprint density at radius 1 is 1.42 bits per heavy atom. The third-order valence-corrected chi connectivity index (χ3v) is 2.68. The predicted octanol–water partition coefficient (Wildman–Crippen LogP) is 1.63. The van der Waals surface area contributed by atoms with E-state index in [0.29, 0.717) is 0 Å². The first-order valence-corrected chi connectivity index (χ1v) is 4.92. The van der Waals surface area contributed by atoms with E-state index in [1.807, 2.05) is 5.25 Å². The molecule has 0 amide bonds. The molecule has 0 spiro atoms. The van der Waals surface area contributed by atoms with Gasteiger partial charge in [0.1, 0.15) is 0 Å². The molecule has 0 saturated heterocycles. The van der Waals surface area contributed by atoms with E-state index in [0.717, 1.165) is 0 Å². The van der Waals surface area contributed by atoms with Crippen molar-refractivity contribution in [2.45, 2.75) is 0 Å². The molecule has 1 rings (SSSR count). The first-order chi connectivity index (χ1) is 5.67. The van der Waals surface area contributed by atoms with E-state index < -0.39 is 7.60 Å². The second-order valence-electron chi connectivity index (χ2n) is 2.16. The van der Waals surface area contributed by atoms with Crippen LogP contribution >= 0.6 is 7.60 Å². The van der Waals surface area contributed by atoms with Crippen molar-refractivity contribution < 1.29 is 13.6 Å². The Balaban J connectivity index is 2.90. The van der Waals surface area contributed by atoms with Gasteiger partial charge in [-0.2, -0.15) is 4.20 Å². The van der Waals surface area contributed by atoms with Gasteiger partial charge in [0.05, 0.1) is 12.4 Å². The van der Waals surface area contributed by atoms with Gasteiger partial charge in [0.15, 0.2) is 0 Å². The van der Waals surface area contributed by atoms with Crippen LogP contribution < -0.4 is 10.6 Å². The van der Waals surface area contributed by atoms with E-state index >= 15 is 0 Å². The van der Waals surface area contributed by atoms with Gasteiger partial charge < -0.3 is 0 Å². The number of hydrogen-bond donors (Lipinski definition) is 1. The summed E-state index contributed by atoms with van der Waals surface area (Å²) in [4.78, 5) is 4.27. The summed E-state index contributed by atoms with van der Waals surface area (Å²) in [7, 11) is -2.80. The van der Waals surface area contributed by atoms with Crippen molar-refractivity contribution in [3.05, 3.63) is 30.3 Å². The Kier molecular flexibility index (Phi) is 2.98. The van der Waals surface area contributed by atoms with Crippen LogP contribution in [0, 0.1) is 0 Å². The number of nitrogens with one attached hydrogen (secondary N) is 1. The maximum Gasteiger partial charge on any atom is 0.358 e. The zero-order valence-electron chi connectivity index (χ0n) is 6.53. The Morgan fingerprint density at radius 3 is 2.50 bits per heavy atom. The van der Waals surface area contributed by atoms with Crippen molar-refractivity contribution in [3.8, 4) is 0 Å². The SMILES string of the molecule is CONP(=O)(F)c1ccccc1. The molecule has 3 nitrogen and oxygen atoms in total. The molecule has 0 fully saturated rings. The monoisotopic (exact) mass is 189 g/mol. The molecule has 5 heteroatoms. The smallest absolute Gasteiger partial charge is 0.296 e. The van der Waals surface area contributed by atoms with Crippen molar-refractivity contribution in [2.75, 3.05) is 7.11 Å². The van der Waals surface area contributed by atoms with Crippen LogP contribution in [0.2, 0.25) is 0 Å². The molecule has 1 unspecified atom stereocenters. The molecular formula is C7H9FNO2P. The van der Waals surface area contributed by atoms with Crippen LogP contribution in [-0.4, -0.2) is 7.11 Å². The summed E-state index contributed by atoms with van der Waals surface area (Å²) in [6.45, 7) is 0. The second-order valence-corrected chi connectivity index (χ2v) is 3.93. The fourth-order valence-corrected chi connectivity index (χ4v) is 1.69. The molecule has 1 N–H and O–H groups in total. The van der Waals surface area contributed by atoms with Gasteiger partial charge >= 0.3 is 7.60 Å². The lowest BCUT2D eigenvalue weighted by Gasteiger charge is -2.07. The molecule has 1 aromatic carbocycles. The van der Waals surface area contributed by atoms with E-state index in [4.69, 9.17) is 0 Å². The van der Waals surface area contributed by atoms with Crippen molar-refractivity contribution in [1.82, 2.24) is 5.25 Å². The number of hydrogen-bond acceptors (Lipinski definition) is 2. The zero-order chi connectivity index (χ0) is 9.03. The van der Waals surface area contributed by atoms with Gasteiger partial charge in [0.2, 0.25) is 0 Å². The predicted molar refractivity (Wildman–Crippen MR) is 44.9 cm³/mol. The van der Waals surface area contributed by atoms with Crippen molar-refractivity contribution in [3.63, 3.8) is 0 Å². The average Bonchev–Trinajstić information content (AvgIpc) is 2.06. The third kappa shape index (κ3) is 2.14. The fourth-order valence-electron chi connectivity index (χ4n) is 0.790. The molecule has 12 heavy (non-hydrogen) atoms. The maximum atomic E-state index is 13.1. The van der Waals surface area contributed by atoms with Gasteiger partial charge in [0, 0.05) is 0 Å². The first-order valence-electron chi connectivity index (χ1n) is 3.32. The summed E-state index contributed by atoms with van der Waals surface area (Å²) in [6.07, 6.45) is 0. The van der Waals surface area contributed by atoms with E-state index in [1.165, 1.54) is 19.2 Å². The minimum absolute atomic E-state index is 0.104. The molecule has 0 aliphatic carbocycles. The zero-order valence-corrected chi connectivity index (χ0v) is 7.42. The molecule has 0 radical (unpaired) electrons. The summed E-state index contributed by atoms with van der Waals surface area (Å²) < 4.78 is 24.3. The van der Waals surface area contributed by atoms with Gasteiger partial charge in [-0.1, -0.05) is 18.2 Å². The van der Waals surface area contributed by atoms with Gasteiger partial charge in [-0.25, -0.2) is 0 Å². The molecule has 0 saturated carbocycles. The molecule has 1 aromatic rings. The maximum absolute atomic E-state index is 13.1. The molecule has 66 valence electrons. The third-order valence-electron chi connectivity index (χ3n) is 1.30. The Hall–Kier alpha value is -0.700. The van der Waals surface area contributed by atoms with Crippen LogP contribution in [0.25, 0.3) is 0 Å². The highest BCUT2D eigenvalue weighted by molar-refractivity contribution is 7.64. The van der Waals surface area contributed by atoms with Crippen molar-refractivity contribution in [2.24, 2.45) is 0 Å². The highest BCUT2D eigenvalue weighted by atomic mass is 31.2. The van der Waals surface area contributed by atoms with E-state index in [1.54, 1.807) is 18.2 Å². The lowest BCUT2D eigenvalue weighted by molar-refractivity contribution is 0.147. The van der Waals surface area contributed by atoms with Crippen LogP contribution in [0.3, 0.4) is 0 Å². The number of halogens is 1. The highest BCUT2D eigenvalue weighted by Crippen LogP contribution is 2.40. The molecule has 0 bridgehead atoms. The van der Waals surface area contributed by atoms with Gasteiger partial charge in [0.25, 0.3) is 0 Å². The molecule has 0 aromatic heterocycles. The van der Waals surface area contributed by atoms with Crippen LogP contribution in [0.15, 0.2) is 30.3 Å². The summed E-state index contributed by atoms with van der Waals surface area (Å²) in [5, 5.41) is 1.93. The van der Waals surface area contributed by atoms with Crippen molar-refractivity contribution in [1.29, 1.82) is 0 Å². The first kappa shape index (κ1) is 9.39. The molecule has 0 heterocycles. The average molecular weight is 189 g/mol. The van der Waals surface area contributed by atoms with Crippen molar-refractivity contribution >= 4 is 12.9 Å². The Morgan fingerprint density at radius 2 is 2.00 bits per heavy atom. The normalized spacial score (nSPS) is 15.5. The van der Waals surface area contributed by atoms with Gasteiger partial charge in [-0.3, -0.25) is 9.40 Å². The van der Waals surface area contributed by atoms with Crippen LogP contribution in [-0.2, 0) is 9.40 Å². The summed E-state index contributed by atoms with van der Waals surface area (Å²) in [5.74, 6) is 0. The number of rotatable bonds is 3. The summed E-state index contributed by atoms with van der Waals surface area (Å²) >= 11 is 0. The molecular weight excluding hydrogens is 180 g/mol. The van der Waals surface area contributed by atoms with E-state index in [9.17, 15) is 8.76 Å². The second kappa shape index (κ2) is 3.81. The Bertz CT molecular complexity index is 291. The van der Waals surface area contributed by atoms with E-state index in [-0.39, 0.29) is 5.30 Å². The standard InChI is InChI=1S/C7H9FNO2P/c1-11-9-12(8,10)7-5-3-2-4-6-7/h2-6H,1H3,(H,9,10). The van der Waals surface area contributed by atoms with Gasteiger partial charge in [-0.15, -0.1) is 5.25 Å². The largest absolute Gasteiger partial charge is 0.358 e. The van der Waals surface area contributed by atoms with Crippen LogP contribution in [0.5, 0.6) is 0 Å². The van der Waals surface area contributed by atoms with E-state index in [2.05, 4.69) is 4.84 Å². The minimum atomic E-state index is -4.02. The van der Waals surface area contributed by atoms with Gasteiger partial charge in [-0.05, 0) is 12.1 Å². The lowest BCUT2D eigenvalue weighted by atomic mass is 10.4. The summed E-state index contributed by atoms with van der Waals surface area (Å²) in [5.41, 5.74) is 0. The lowest BCUT2D eigenvalue weighted by Crippen LogP contribution is -2.14. The summed E-state index contributed by atoms with van der Waals surface area (Å²) in [6, 6.07) is 7.81. The van der Waals surface area contributed by atoms with Crippen LogP contribution in [0.4, 0.5) is 4.20 Å². The molecule has 0 aliphatic rings. The Labute approximate surface area is 70.0 Å². The quantitative estimate of drug-likeness (QED) is 0.580. The molecule has 1 atom stereocenters. The highest BCUT2D eigenvalue weighted by Gasteiger charge is 2.22. The minimum Gasteiger partial charge on any atom is -0.296 e. The molecule has 0 aliphatic heterocycles. The fraction of sp³-hybridized carbons (Fsp3) is 0.143. The topological polar surface area (TPSA) is 38.3 Å². The van der Waals surface area contributed by atoms with Crippen LogP contribution in [0.1, 0.15) is 0 Å².